The molecular weight excluding hydrogens is 381 g/mol. The normalized spacial score (nSPS) is 12.9. The summed E-state index contributed by atoms with van der Waals surface area (Å²) in [5.74, 6) is 0. The summed E-state index contributed by atoms with van der Waals surface area (Å²) in [6.45, 7) is 1.76. The number of halogens is 2. The molecule has 1 heterocycles. The highest BCUT2D eigenvalue weighted by molar-refractivity contribution is 7.89. The molecule has 1 N–H and O–H groups in total. The Morgan fingerprint density at radius 3 is 2.28 bits per heavy atom. The molecule has 0 saturated carbocycles. The van der Waals surface area contributed by atoms with Crippen molar-refractivity contribution in [3.05, 3.63) is 76.8 Å². The molecule has 130 valence electrons. The van der Waals surface area contributed by atoms with E-state index < -0.39 is 16.1 Å². The molecule has 0 aliphatic rings. The lowest BCUT2D eigenvalue weighted by molar-refractivity contribution is 0.567. The van der Waals surface area contributed by atoms with Crippen LogP contribution in [0.2, 0.25) is 10.0 Å². The SMILES string of the molecule is C[C@H](NS(=O)(=O)c1c(Cl)cccc1Cl)c1ccc(-n2ccnc2)cc1. The van der Waals surface area contributed by atoms with Gasteiger partial charge in [0.2, 0.25) is 10.0 Å². The van der Waals surface area contributed by atoms with Crippen LogP contribution in [0.15, 0.2) is 66.1 Å². The van der Waals surface area contributed by atoms with E-state index in [9.17, 15) is 8.42 Å². The van der Waals surface area contributed by atoms with Gasteiger partial charge in [-0.25, -0.2) is 18.1 Å². The molecule has 5 nitrogen and oxygen atoms in total. The average molecular weight is 396 g/mol. The Kier molecular flexibility index (Phi) is 5.15. The summed E-state index contributed by atoms with van der Waals surface area (Å²) in [6, 6.07) is 11.6. The van der Waals surface area contributed by atoms with Crippen molar-refractivity contribution in [2.75, 3.05) is 0 Å². The molecule has 0 amide bonds. The van der Waals surface area contributed by atoms with Gasteiger partial charge in [-0.15, -0.1) is 0 Å². The summed E-state index contributed by atoms with van der Waals surface area (Å²) in [5, 5.41) is 0.172. The molecule has 0 unspecified atom stereocenters. The van der Waals surface area contributed by atoms with Crippen LogP contribution in [0.4, 0.5) is 0 Å². The zero-order chi connectivity index (χ0) is 18.0. The van der Waals surface area contributed by atoms with Gasteiger partial charge in [0.15, 0.2) is 0 Å². The summed E-state index contributed by atoms with van der Waals surface area (Å²) in [5.41, 5.74) is 1.75. The van der Waals surface area contributed by atoms with E-state index in [2.05, 4.69) is 9.71 Å². The first kappa shape index (κ1) is 17.9. The van der Waals surface area contributed by atoms with Crippen LogP contribution in [0.25, 0.3) is 5.69 Å². The van der Waals surface area contributed by atoms with Crippen LogP contribution >= 0.6 is 23.2 Å². The van der Waals surface area contributed by atoms with Crippen molar-refractivity contribution in [1.29, 1.82) is 0 Å². The lowest BCUT2D eigenvalue weighted by atomic mass is 10.1. The highest BCUT2D eigenvalue weighted by Crippen LogP contribution is 2.30. The number of benzene rings is 2. The zero-order valence-corrected chi connectivity index (χ0v) is 15.6. The summed E-state index contributed by atoms with van der Waals surface area (Å²) < 4.78 is 29.7. The Morgan fingerprint density at radius 2 is 1.72 bits per heavy atom. The lowest BCUT2D eigenvalue weighted by Crippen LogP contribution is -2.27. The first-order valence-electron chi connectivity index (χ1n) is 7.43. The Labute approximate surface area is 156 Å². The van der Waals surface area contributed by atoms with Gasteiger partial charge in [-0.05, 0) is 36.8 Å². The average Bonchev–Trinajstić information content (AvgIpc) is 3.08. The topological polar surface area (TPSA) is 64.0 Å². The van der Waals surface area contributed by atoms with Gasteiger partial charge in [0, 0.05) is 24.1 Å². The standard InChI is InChI=1S/C17H15Cl2N3O2S/c1-12(13-5-7-14(8-6-13)22-10-9-20-11-22)21-25(23,24)17-15(18)3-2-4-16(17)19/h2-12,21H,1H3/t12-/m0/s1. The highest BCUT2D eigenvalue weighted by atomic mass is 35.5. The number of hydrogen-bond acceptors (Lipinski definition) is 3. The number of nitrogens with one attached hydrogen (secondary N) is 1. The van der Waals surface area contributed by atoms with Crippen LogP contribution in [-0.4, -0.2) is 18.0 Å². The fraction of sp³-hybridized carbons (Fsp3) is 0.118. The van der Waals surface area contributed by atoms with Gasteiger partial charge >= 0.3 is 0 Å². The summed E-state index contributed by atoms with van der Waals surface area (Å²) in [6.07, 6.45) is 5.22. The van der Waals surface area contributed by atoms with E-state index in [1.54, 1.807) is 25.5 Å². The predicted octanol–water partition coefficient (Wildman–Crippen LogP) is 4.22. The monoisotopic (exact) mass is 395 g/mol. The Balaban J connectivity index is 1.83. The number of sulfonamides is 1. The predicted molar refractivity (Wildman–Crippen MR) is 98.8 cm³/mol. The summed E-state index contributed by atoms with van der Waals surface area (Å²) in [4.78, 5) is 3.89. The van der Waals surface area contributed by atoms with Gasteiger partial charge in [0.05, 0.1) is 16.4 Å². The zero-order valence-electron chi connectivity index (χ0n) is 13.2. The molecule has 1 atom stereocenters. The Morgan fingerprint density at radius 1 is 1.08 bits per heavy atom. The van der Waals surface area contributed by atoms with Crippen molar-refractivity contribution in [2.45, 2.75) is 17.9 Å². The molecule has 1 aromatic heterocycles. The van der Waals surface area contributed by atoms with Crippen LogP contribution in [-0.2, 0) is 10.0 Å². The maximum atomic E-state index is 12.6. The Bertz CT molecular complexity index is 951. The van der Waals surface area contributed by atoms with Crippen molar-refractivity contribution in [3.8, 4) is 5.69 Å². The number of hydrogen-bond donors (Lipinski definition) is 1. The van der Waals surface area contributed by atoms with Crippen LogP contribution in [0.5, 0.6) is 0 Å². The number of imidazole rings is 1. The minimum absolute atomic E-state index is 0.0858. The fourth-order valence-electron chi connectivity index (χ4n) is 2.45. The minimum Gasteiger partial charge on any atom is -0.306 e. The van der Waals surface area contributed by atoms with Gasteiger partial charge in [-0.2, -0.15) is 0 Å². The third kappa shape index (κ3) is 3.88. The number of aromatic nitrogens is 2. The molecule has 2 aromatic carbocycles. The van der Waals surface area contributed by atoms with E-state index in [4.69, 9.17) is 23.2 Å². The molecule has 25 heavy (non-hydrogen) atoms. The fourth-order valence-corrected chi connectivity index (χ4v) is 4.82. The molecule has 0 radical (unpaired) electrons. The van der Waals surface area contributed by atoms with Gasteiger partial charge in [-0.3, -0.25) is 0 Å². The maximum Gasteiger partial charge on any atom is 0.244 e. The molecule has 0 fully saturated rings. The molecule has 0 spiro atoms. The van der Waals surface area contributed by atoms with Crippen molar-refractivity contribution >= 4 is 33.2 Å². The highest BCUT2D eigenvalue weighted by Gasteiger charge is 2.24. The number of rotatable bonds is 5. The van der Waals surface area contributed by atoms with Crippen molar-refractivity contribution in [2.24, 2.45) is 0 Å². The minimum atomic E-state index is -3.85. The number of nitrogens with zero attached hydrogens (tertiary/aromatic N) is 2. The van der Waals surface area contributed by atoms with E-state index in [0.717, 1.165) is 11.3 Å². The lowest BCUT2D eigenvalue weighted by Gasteiger charge is -2.16. The van der Waals surface area contributed by atoms with Gasteiger partial charge < -0.3 is 4.57 Å². The molecule has 0 aliphatic carbocycles. The second kappa shape index (κ2) is 7.17. The summed E-state index contributed by atoms with van der Waals surface area (Å²) in [7, 11) is -3.85. The largest absolute Gasteiger partial charge is 0.306 e. The van der Waals surface area contributed by atoms with Crippen molar-refractivity contribution in [3.63, 3.8) is 0 Å². The molecule has 8 heteroatoms. The Hall–Kier alpha value is -1.86. The first-order valence-corrected chi connectivity index (χ1v) is 9.67. The molecule has 0 saturated heterocycles. The second-order valence-corrected chi connectivity index (χ2v) is 7.92. The van der Waals surface area contributed by atoms with Crippen molar-refractivity contribution < 1.29 is 8.42 Å². The van der Waals surface area contributed by atoms with E-state index in [-0.39, 0.29) is 14.9 Å². The third-order valence-corrected chi connectivity index (χ3v) is 6.21. The second-order valence-electron chi connectivity index (χ2n) is 5.46. The van der Waals surface area contributed by atoms with Crippen LogP contribution in [0, 0.1) is 0 Å². The molecule has 0 bridgehead atoms. The van der Waals surface area contributed by atoms with E-state index in [1.165, 1.54) is 12.1 Å². The van der Waals surface area contributed by atoms with Crippen LogP contribution in [0.1, 0.15) is 18.5 Å². The quantitative estimate of drug-likeness (QED) is 0.703. The van der Waals surface area contributed by atoms with Gasteiger partial charge in [0.25, 0.3) is 0 Å². The van der Waals surface area contributed by atoms with Crippen molar-refractivity contribution in [1.82, 2.24) is 14.3 Å². The molecule has 3 aromatic rings. The van der Waals surface area contributed by atoms with E-state index >= 15 is 0 Å². The van der Waals surface area contributed by atoms with Crippen LogP contribution in [0.3, 0.4) is 0 Å². The van der Waals surface area contributed by atoms with Crippen LogP contribution < -0.4 is 4.72 Å². The molecule has 0 aliphatic heterocycles. The molecule has 3 rings (SSSR count). The van der Waals surface area contributed by atoms with E-state index in [1.807, 2.05) is 35.0 Å². The smallest absolute Gasteiger partial charge is 0.244 e. The van der Waals surface area contributed by atoms with Gasteiger partial charge in [-0.1, -0.05) is 41.4 Å². The summed E-state index contributed by atoms with van der Waals surface area (Å²) >= 11 is 12.0. The maximum absolute atomic E-state index is 12.6. The first-order chi connectivity index (χ1) is 11.9. The third-order valence-electron chi connectivity index (χ3n) is 3.72. The van der Waals surface area contributed by atoms with Gasteiger partial charge in [0.1, 0.15) is 4.90 Å². The molecular formula is C17H15Cl2N3O2S. The van der Waals surface area contributed by atoms with E-state index in [0.29, 0.717) is 0 Å².